The van der Waals surface area contributed by atoms with E-state index < -0.39 is 6.36 Å². The highest BCUT2D eigenvalue weighted by molar-refractivity contribution is 8.14. The van der Waals surface area contributed by atoms with Crippen LogP contribution in [0.5, 0.6) is 5.75 Å². The number of ether oxygens (including phenoxy) is 1. The van der Waals surface area contributed by atoms with Crippen LogP contribution in [-0.2, 0) is 4.84 Å². The van der Waals surface area contributed by atoms with Crippen molar-refractivity contribution in [3.05, 3.63) is 96.0 Å². The largest absolute Gasteiger partial charge is 0.573 e. The highest BCUT2D eigenvalue weighted by atomic mass is 32.2. The first-order chi connectivity index (χ1) is 21.6. The van der Waals surface area contributed by atoms with E-state index in [1.54, 1.807) is 11.8 Å². The number of halogens is 3. The van der Waals surface area contributed by atoms with E-state index in [4.69, 9.17) is 17.1 Å². The van der Waals surface area contributed by atoms with Crippen LogP contribution in [-0.4, -0.2) is 44.2 Å². The summed E-state index contributed by atoms with van der Waals surface area (Å²) in [6.45, 7) is 4.09. The Morgan fingerprint density at radius 3 is 2.58 bits per heavy atom. The molecule has 2 N–H and O–H groups in total. The van der Waals surface area contributed by atoms with E-state index in [0.29, 0.717) is 17.4 Å². The Balaban J connectivity index is 1.07. The van der Waals surface area contributed by atoms with Crippen LogP contribution in [0.2, 0.25) is 0 Å². The van der Waals surface area contributed by atoms with E-state index >= 15 is 0 Å². The van der Waals surface area contributed by atoms with Crippen molar-refractivity contribution >= 4 is 45.6 Å². The number of amidine groups is 1. The van der Waals surface area contributed by atoms with Crippen LogP contribution >= 0.6 is 24.0 Å². The van der Waals surface area contributed by atoms with E-state index in [1.807, 2.05) is 38.2 Å². The number of aromatic nitrogens is 3. The van der Waals surface area contributed by atoms with E-state index in [0.717, 1.165) is 33.4 Å². The number of benzene rings is 3. The monoisotopic (exact) mass is 651 g/mol. The maximum atomic E-state index is 12.4. The molecule has 0 bridgehead atoms. The Morgan fingerprint density at radius 1 is 1.11 bits per heavy atom. The number of anilines is 2. The smallest absolute Gasteiger partial charge is 0.406 e. The Hall–Kier alpha value is -4.40. The molecule has 45 heavy (non-hydrogen) atoms. The molecule has 1 fully saturated rings. The molecule has 9 nitrogen and oxygen atoms in total. The fraction of sp³-hybridized carbons (Fsp3) is 0.226. The molecule has 2 unspecified atom stereocenters. The molecule has 0 radical (unpaired) electrons. The molecule has 232 valence electrons. The second kappa shape index (κ2) is 12.5. The van der Waals surface area contributed by atoms with E-state index in [-0.39, 0.29) is 17.0 Å². The van der Waals surface area contributed by atoms with Gasteiger partial charge in [-0.3, -0.25) is 9.74 Å². The quantitative estimate of drug-likeness (QED) is 0.157. The fourth-order valence-electron chi connectivity index (χ4n) is 5.05. The lowest BCUT2D eigenvalue weighted by atomic mass is 9.93. The second-order valence-corrected chi connectivity index (χ2v) is 11.7. The van der Waals surface area contributed by atoms with Crippen LogP contribution in [0.15, 0.2) is 89.8 Å². The van der Waals surface area contributed by atoms with Gasteiger partial charge in [-0.05, 0) is 66.7 Å². The number of allylic oxidation sites excluding steroid dienone is 1. The van der Waals surface area contributed by atoms with Gasteiger partial charge in [0.05, 0.1) is 11.4 Å². The standard InChI is InChI=1S/C31H28F3N7O2S2/c1-18-14-24-16-45-30(41(24)27-15-22(35-3)8-13-26(18)27)37-29(44)39-43-19(2)20-4-6-21(7-5-20)28-36-17-40(38-28)23-9-11-25(12-10-23)42-31(32,33)34/h4-15,17-19,35H,16H2,1-3H3,(H,39,44)/b37-30-. The Kier molecular flexibility index (Phi) is 8.53. The zero-order valence-electron chi connectivity index (χ0n) is 24.4. The van der Waals surface area contributed by atoms with Gasteiger partial charge in [-0.15, -0.1) is 18.3 Å². The highest BCUT2D eigenvalue weighted by Gasteiger charge is 2.33. The Bertz CT molecular complexity index is 1770. The summed E-state index contributed by atoms with van der Waals surface area (Å²) in [4.78, 5) is 17.0. The normalized spacial score (nSPS) is 17.4. The molecule has 4 aromatic rings. The van der Waals surface area contributed by atoms with Crippen molar-refractivity contribution in [1.82, 2.24) is 20.2 Å². The number of nitrogens with zero attached hydrogens (tertiary/aromatic N) is 5. The van der Waals surface area contributed by atoms with Crippen LogP contribution in [0.3, 0.4) is 0 Å². The summed E-state index contributed by atoms with van der Waals surface area (Å²) in [6, 6.07) is 19.3. The van der Waals surface area contributed by atoms with Gasteiger partial charge < -0.3 is 10.1 Å². The van der Waals surface area contributed by atoms with E-state index in [1.165, 1.54) is 46.5 Å². The SMILES string of the molecule is CNc1ccc2c(c1)N1C(=CC2C)CS/C1=N\C(=S)NOC(C)c1ccc(-c2ncn(-c3ccc(OC(F)(F)F)cc3)n2)cc1. The molecule has 1 aromatic heterocycles. The lowest BCUT2D eigenvalue weighted by Crippen LogP contribution is -2.29. The van der Waals surface area contributed by atoms with Gasteiger partial charge in [0.2, 0.25) is 5.11 Å². The number of thiocarbonyl (C=S) groups is 1. The fourth-order valence-corrected chi connectivity index (χ4v) is 6.24. The van der Waals surface area contributed by atoms with Gasteiger partial charge in [0.15, 0.2) is 11.0 Å². The highest BCUT2D eigenvalue weighted by Crippen LogP contribution is 2.43. The lowest BCUT2D eigenvalue weighted by Gasteiger charge is -2.30. The number of hydrogen-bond acceptors (Lipinski definition) is 7. The molecule has 3 aromatic carbocycles. The lowest BCUT2D eigenvalue weighted by molar-refractivity contribution is -0.274. The molecule has 1 saturated heterocycles. The number of alkyl halides is 3. The maximum absolute atomic E-state index is 12.4. The second-order valence-electron chi connectivity index (χ2n) is 10.3. The predicted molar refractivity (Wildman–Crippen MR) is 174 cm³/mol. The topological polar surface area (TPSA) is 88.8 Å². The van der Waals surface area contributed by atoms with Gasteiger partial charge in [-0.2, -0.15) is 4.99 Å². The molecule has 0 saturated carbocycles. The first-order valence-corrected chi connectivity index (χ1v) is 15.3. The van der Waals surface area contributed by atoms with Crippen molar-refractivity contribution < 1.29 is 22.7 Å². The Morgan fingerprint density at radius 2 is 1.87 bits per heavy atom. The maximum Gasteiger partial charge on any atom is 0.573 e. The zero-order chi connectivity index (χ0) is 31.7. The van der Waals surface area contributed by atoms with Gasteiger partial charge in [-0.1, -0.05) is 55.1 Å². The van der Waals surface area contributed by atoms with Crippen molar-refractivity contribution in [2.45, 2.75) is 32.2 Å². The summed E-state index contributed by atoms with van der Waals surface area (Å²) in [7, 11) is 1.90. The first-order valence-electron chi connectivity index (χ1n) is 14.0. The summed E-state index contributed by atoms with van der Waals surface area (Å²) in [5, 5.41) is 8.67. The number of nitrogens with one attached hydrogen (secondary N) is 2. The van der Waals surface area contributed by atoms with Crippen molar-refractivity contribution in [1.29, 1.82) is 0 Å². The summed E-state index contributed by atoms with van der Waals surface area (Å²) in [6.07, 6.45) is -1.34. The molecular formula is C31H28F3N7O2S2. The summed E-state index contributed by atoms with van der Waals surface area (Å²) in [5.41, 5.74) is 9.55. The van der Waals surface area contributed by atoms with E-state index in [9.17, 15) is 13.2 Å². The minimum Gasteiger partial charge on any atom is -0.406 e. The van der Waals surface area contributed by atoms with Gasteiger partial charge in [0.25, 0.3) is 0 Å². The van der Waals surface area contributed by atoms with Crippen molar-refractivity contribution in [2.75, 3.05) is 23.0 Å². The van der Waals surface area contributed by atoms with Crippen molar-refractivity contribution in [2.24, 2.45) is 4.99 Å². The van der Waals surface area contributed by atoms with Gasteiger partial charge in [0.1, 0.15) is 18.2 Å². The van der Waals surface area contributed by atoms with Crippen molar-refractivity contribution in [3.63, 3.8) is 0 Å². The number of hydroxylamine groups is 1. The van der Waals surface area contributed by atoms with Crippen LogP contribution in [0.1, 0.15) is 37.0 Å². The molecule has 2 atom stereocenters. The summed E-state index contributed by atoms with van der Waals surface area (Å²) >= 11 is 7.14. The molecule has 14 heteroatoms. The minimum atomic E-state index is -4.75. The van der Waals surface area contributed by atoms with Crippen LogP contribution in [0.25, 0.3) is 17.1 Å². The third-order valence-corrected chi connectivity index (χ3v) is 8.45. The third-order valence-electron chi connectivity index (χ3n) is 7.31. The zero-order valence-corrected chi connectivity index (χ0v) is 26.0. The molecule has 6 rings (SSSR count). The third kappa shape index (κ3) is 6.82. The molecule has 0 amide bonds. The van der Waals surface area contributed by atoms with Crippen LogP contribution in [0, 0.1) is 0 Å². The van der Waals surface area contributed by atoms with Crippen LogP contribution < -0.4 is 20.4 Å². The molecule has 2 aliphatic rings. The minimum absolute atomic E-state index is 0.222. The summed E-state index contributed by atoms with van der Waals surface area (Å²) < 4.78 is 42.7. The molecule has 0 aliphatic carbocycles. The van der Waals surface area contributed by atoms with Crippen molar-refractivity contribution in [3.8, 4) is 22.8 Å². The number of thioether (sulfide) groups is 1. The molecule has 3 heterocycles. The molecule has 0 spiro atoms. The number of hydrogen-bond donors (Lipinski definition) is 2. The number of rotatable bonds is 7. The molecular weight excluding hydrogens is 624 g/mol. The first kappa shape index (κ1) is 30.6. The van der Waals surface area contributed by atoms with Gasteiger partial charge in [-0.25, -0.2) is 15.1 Å². The van der Waals surface area contributed by atoms with Gasteiger partial charge in [0, 0.05) is 35.7 Å². The average molecular weight is 652 g/mol. The Labute approximate surface area is 267 Å². The molecule has 2 aliphatic heterocycles. The van der Waals surface area contributed by atoms with E-state index in [2.05, 4.69) is 66.7 Å². The number of fused-ring (bicyclic) bond motifs is 3. The van der Waals surface area contributed by atoms with Gasteiger partial charge >= 0.3 is 6.36 Å². The average Bonchev–Trinajstić information content (AvgIpc) is 3.67. The predicted octanol–water partition coefficient (Wildman–Crippen LogP) is 7.35. The van der Waals surface area contributed by atoms with Crippen LogP contribution in [0.4, 0.5) is 24.5 Å². The number of aliphatic imine (C=N–C) groups is 1. The summed E-state index contributed by atoms with van der Waals surface area (Å²) in [5.74, 6) is 1.27.